The molecule has 0 radical (unpaired) electrons. The van der Waals surface area contributed by atoms with Crippen LogP contribution in [0.15, 0.2) is 18.6 Å². The van der Waals surface area contributed by atoms with E-state index in [2.05, 4.69) is 35.1 Å². The molecule has 1 aliphatic heterocycles. The van der Waals surface area contributed by atoms with Gasteiger partial charge in [-0.05, 0) is 27.7 Å². The lowest BCUT2D eigenvalue weighted by Crippen LogP contribution is -2.54. The van der Waals surface area contributed by atoms with E-state index in [-0.39, 0.29) is 5.91 Å². The first-order chi connectivity index (χ1) is 12.3. The Kier molecular flexibility index (Phi) is 5.39. The van der Waals surface area contributed by atoms with Crippen LogP contribution < -0.4 is 0 Å². The molecule has 2 aromatic rings. The van der Waals surface area contributed by atoms with Gasteiger partial charge in [-0.3, -0.25) is 19.1 Å². The van der Waals surface area contributed by atoms with Crippen molar-refractivity contribution >= 4 is 17.5 Å². The van der Waals surface area contributed by atoms with Gasteiger partial charge in [0.2, 0.25) is 5.91 Å². The average Bonchev–Trinajstić information content (AvgIpc) is 3.21. The average molecular weight is 379 g/mol. The van der Waals surface area contributed by atoms with Gasteiger partial charge in [0, 0.05) is 57.2 Å². The van der Waals surface area contributed by atoms with Crippen LogP contribution in [-0.4, -0.2) is 61.4 Å². The maximum absolute atomic E-state index is 13.0. The van der Waals surface area contributed by atoms with Crippen molar-refractivity contribution in [1.82, 2.24) is 29.4 Å². The van der Waals surface area contributed by atoms with Crippen LogP contribution in [0.2, 0.25) is 5.02 Å². The van der Waals surface area contributed by atoms with Gasteiger partial charge in [0.15, 0.2) is 0 Å². The minimum Gasteiger partial charge on any atom is -0.338 e. The molecular weight excluding hydrogens is 352 g/mol. The second-order valence-electron chi connectivity index (χ2n) is 7.33. The molecule has 1 aliphatic rings. The first-order valence-corrected chi connectivity index (χ1v) is 9.44. The summed E-state index contributed by atoms with van der Waals surface area (Å²) in [5, 5.41) is 9.26. The van der Waals surface area contributed by atoms with E-state index in [4.69, 9.17) is 11.6 Å². The molecule has 2 aromatic heterocycles. The van der Waals surface area contributed by atoms with Crippen LogP contribution in [0.25, 0.3) is 0 Å². The summed E-state index contributed by atoms with van der Waals surface area (Å²) in [6.45, 7) is 12.8. The van der Waals surface area contributed by atoms with Gasteiger partial charge in [-0.25, -0.2) is 0 Å². The standard InChI is InChI=1S/C18H27ClN6O/c1-5-24-12-15(14(2)21-24)11-22-6-8-23(9-7-22)17(26)18(3,4)25-13-16(19)10-20-25/h10,12-13H,5-9,11H2,1-4H3. The lowest BCUT2D eigenvalue weighted by molar-refractivity contribution is -0.141. The van der Waals surface area contributed by atoms with E-state index in [0.29, 0.717) is 5.02 Å². The molecule has 7 nitrogen and oxygen atoms in total. The summed E-state index contributed by atoms with van der Waals surface area (Å²) >= 11 is 5.96. The van der Waals surface area contributed by atoms with E-state index >= 15 is 0 Å². The molecule has 8 heteroatoms. The third kappa shape index (κ3) is 3.78. The minimum absolute atomic E-state index is 0.0758. The molecule has 3 heterocycles. The number of carbonyl (C=O) groups is 1. The van der Waals surface area contributed by atoms with Crippen LogP contribution in [-0.2, 0) is 23.4 Å². The van der Waals surface area contributed by atoms with Crippen molar-refractivity contribution in [3.8, 4) is 0 Å². The van der Waals surface area contributed by atoms with Crippen LogP contribution in [0.3, 0.4) is 0 Å². The second-order valence-corrected chi connectivity index (χ2v) is 7.76. The molecule has 0 atom stereocenters. The van der Waals surface area contributed by atoms with Crippen molar-refractivity contribution in [2.24, 2.45) is 0 Å². The van der Waals surface area contributed by atoms with Gasteiger partial charge in [0.1, 0.15) is 5.54 Å². The van der Waals surface area contributed by atoms with Gasteiger partial charge in [0.05, 0.1) is 16.9 Å². The number of amides is 1. The van der Waals surface area contributed by atoms with Gasteiger partial charge in [-0.1, -0.05) is 11.6 Å². The fourth-order valence-corrected chi connectivity index (χ4v) is 3.45. The lowest BCUT2D eigenvalue weighted by atomic mass is 10.0. The quantitative estimate of drug-likeness (QED) is 0.799. The highest BCUT2D eigenvalue weighted by Crippen LogP contribution is 2.21. The Hall–Kier alpha value is -1.86. The van der Waals surface area contributed by atoms with Crippen LogP contribution >= 0.6 is 11.6 Å². The summed E-state index contributed by atoms with van der Waals surface area (Å²) in [5.41, 5.74) is 1.61. The Morgan fingerprint density at radius 2 is 1.92 bits per heavy atom. The van der Waals surface area contributed by atoms with Crippen molar-refractivity contribution in [2.45, 2.75) is 46.3 Å². The molecular formula is C18H27ClN6O. The molecule has 26 heavy (non-hydrogen) atoms. The van der Waals surface area contributed by atoms with Gasteiger partial charge in [0.25, 0.3) is 0 Å². The van der Waals surface area contributed by atoms with E-state index in [1.165, 1.54) is 5.56 Å². The van der Waals surface area contributed by atoms with E-state index in [1.54, 1.807) is 17.1 Å². The zero-order valence-corrected chi connectivity index (χ0v) is 16.7. The number of rotatable bonds is 5. The molecule has 1 saturated heterocycles. The number of hydrogen-bond donors (Lipinski definition) is 0. The predicted octanol–water partition coefficient (Wildman–Crippen LogP) is 2.14. The summed E-state index contributed by atoms with van der Waals surface area (Å²) < 4.78 is 3.62. The molecule has 142 valence electrons. The Morgan fingerprint density at radius 1 is 1.23 bits per heavy atom. The molecule has 0 spiro atoms. The third-order valence-electron chi connectivity index (χ3n) is 5.07. The van der Waals surface area contributed by atoms with Crippen molar-refractivity contribution in [3.05, 3.63) is 34.9 Å². The molecule has 0 aromatic carbocycles. The van der Waals surface area contributed by atoms with Gasteiger partial charge in [-0.15, -0.1) is 0 Å². The highest BCUT2D eigenvalue weighted by atomic mass is 35.5. The van der Waals surface area contributed by atoms with Crippen molar-refractivity contribution < 1.29 is 4.79 Å². The molecule has 0 saturated carbocycles. The van der Waals surface area contributed by atoms with Gasteiger partial charge >= 0.3 is 0 Å². The zero-order valence-electron chi connectivity index (χ0n) is 15.9. The molecule has 1 fully saturated rings. The zero-order chi connectivity index (χ0) is 18.9. The van der Waals surface area contributed by atoms with Crippen LogP contribution in [0, 0.1) is 6.92 Å². The normalized spacial score (nSPS) is 16.3. The molecule has 1 amide bonds. The fourth-order valence-electron chi connectivity index (χ4n) is 3.32. The van der Waals surface area contributed by atoms with E-state index in [0.717, 1.165) is 45.0 Å². The molecule has 0 aliphatic carbocycles. The van der Waals surface area contributed by atoms with Crippen molar-refractivity contribution in [3.63, 3.8) is 0 Å². The van der Waals surface area contributed by atoms with E-state index in [1.807, 2.05) is 23.4 Å². The highest BCUT2D eigenvalue weighted by Gasteiger charge is 2.36. The Balaban J connectivity index is 1.59. The number of hydrogen-bond acceptors (Lipinski definition) is 4. The van der Waals surface area contributed by atoms with Gasteiger partial charge in [-0.2, -0.15) is 10.2 Å². The smallest absolute Gasteiger partial charge is 0.250 e. The monoisotopic (exact) mass is 378 g/mol. The Labute approximate surface area is 159 Å². The fraction of sp³-hybridized carbons (Fsp3) is 0.611. The topological polar surface area (TPSA) is 59.2 Å². The number of carbonyl (C=O) groups excluding carboxylic acids is 1. The summed E-state index contributed by atoms with van der Waals surface area (Å²) in [6.07, 6.45) is 5.38. The second kappa shape index (κ2) is 7.40. The number of aryl methyl sites for hydroxylation is 2. The molecule has 0 N–H and O–H groups in total. The van der Waals surface area contributed by atoms with Crippen LogP contribution in [0.4, 0.5) is 0 Å². The maximum atomic E-state index is 13.0. The minimum atomic E-state index is -0.742. The number of aromatic nitrogens is 4. The largest absolute Gasteiger partial charge is 0.338 e. The van der Waals surface area contributed by atoms with Gasteiger partial charge < -0.3 is 4.90 Å². The summed E-state index contributed by atoms with van der Waals surface area (Å²) in [6, 6.07) is 0. The van der Waals surface area contributed by atoms with Crippen molar-refractivity contribution in [1.29, 1.82) is 0 Å². The van der Waals surface area contributed by atoms with E-state index in [9.17, 15) is 4.79 Å². The van der Waals surface area contributed by atoms with Crippen LogP contribution in [0.1, 0.15) is 32.0 Å². The molecule has 0 bridgehead atoms. The SMILES string of the molecule is CCn1cc(CN2CCN(C(=O)C(C)(C)n3cc(Cl)cn3)CC2)c(C)n1. The Morgan fingerprint density at radius 3 is 2.46 bits per heavy atom. The van der Waals surface area contributed by atoms with Crippen molar-refractivity contribution in [2.75, 3.05) is 26.2 Å². The predicted molar refractivity (Wildman–Crippen MR) is 101 cm³/mol. The summed E-state index contributed by atoms with van der Waals surface area (Å²) in [7, 11) is 0. The molecule has 3 rings (SSSR count). The maximum Gasteiger partial charge on any atom is 0.250 e. The first-order valence-electron chi connectivity index (χ1n) is 9.06. The first kappa shape index (κ1) is 18.9. The van der Waals surface area contributed by atoms with E-state index < -0.39 is 5.54 Å². The third-order valence-corrected chi connectivity index (χ3v) is 5.27. The highest BCUT2D eigenvalue weighted by molar-refractivity contribution is 6.30. The summed E-state index contributed by atoms with van der Waals surface area (Å²) in [4.78, 5) is 17.3. The number of piperazine rings is 1. The number of nitrogens with zero attached hydrogens (tertiary/aromatic N) is 6. The number of halogens is 1. The molecule has 0 unspecified atom stereocenters. The lowest BCUT2D eigenvalue weighted by Gasteiger charge is -2.38. The Bertz CT molecular complexity index is 772. The van der Waals surface area contributed by atoms with Crippen LogP contribution in [0.5, 0.6) is 0 Å². The summed E-state index contributed by atoms with van der Waals surface area (Å²) in [5.74, 6) is 0.0758.